The molecule has 0 heterocycles. The first kappa shape index (κ1) is 16.4. The van der Waals surface area contributed by atoms with Gasteiger partial charge in [-0.05, 0) is 24.6 Å². The Morgan fingerprint density at radius 3 is 2.68 bits per heavy atom. The monoisotopic (exact) mass is 353 g/mol. The molecule has 1 aromatic rings. The molecule has 2 N–H and O–H groups in total. The molecule has 0 radical (unpaired) electrons. The van der Waals surface area contributed by atoms with Gasteiger partial charge in [-0.1, -0.05) is 29.3 Å². The van der Waals surface area contributed by atoms with Crippen LogP contribution >= 0.6 is 15.9 Å². The summed E-state index contributed by atoms with van der Waals surface area (Å²) in [6, 6.07) is 4.45. The van der Waals surface area contributed by atoms with Crippen LogP contribution in [0.5, 0.6) is 5.75 Å². The molecule has 0 fully saturated rings. The van der Waals surface area contributed by atoms with E-state index < -0.39 is 15.8 Å². The molecular formula is C12H17BrFNO3S. The smallest absolute Gasteiger partial charge is 0.209 e. The van der Waals surface area contributed by atoms with Crippen LogP contribution in [0.3, 0.4) is 0 Å². The summed E-state index contributed by atoms with van der Waals surface area (Å²) in [5.41, 5.74) is 0. The highest BCUT2D eigenvalue weighted by atomic mass is 79.9. The van der Waals surface area contributed by atoms with Crippen LogP contribution < -0.4 is 9.88 Å². The van der Waals surface area contributed by atoms with Gasteiger partial charge >= 0.3 is 0 Å². The van der Waals surface area contributed by atoms with E-state index in [1.165, 1.54) is 12.1 Å². The summed E-state index contributed by atoms with van der Waals surface area (Å²) in [6.07, 6.45) is 1.47. The van der Waals surface area contributed by atoms with E-state index in [-0.39, 0.29) is 24.0 Å². The molecule has 0 aliphatic carbocycles. The number of benzene rings is 1. The van der Waals surface area contributed by atoms with E-state index in [2.05, 4.69) is 15.9 Å². The summed E-state index contributed by atoms with van der Waals surface area (Å²) in [4.78, 5) is 0. The molecule has 1 rings (SSSR count). The maximum atomic E-state index is 13.5. The highest BCUT2D eigenvalue weighted by molar-refractivity contribution is 9.10. The number of hydrogen-bond donors (Lipinski definition) is 1. The zero-order valence-electron chi connectivity index (χ0n) is 10.6. The lowest BCUT2D eigenvalue weighted by Crippen LogP contribution is -2.27. The molecule has 108 valence electrons. The van der Waals surface area contributed by atoms with E-state index in [9.17, 15) is 12.8 Å². The number of nitrogens with two attached hydrogens (primary N) is 1. The van der Waals surface area contributed by atoms with Gasteiger partial charge in [0.2, 0.25) is 10.0 Å². The fraction of sp³-hybridized carbons (Fsp3) is 0.500. The average molecular weight is 354 g/mol. The van der Waals surface area contributed by atoms with E-state index in [1.54, 1.807) is 6.07 Å². The number of halogens is 2. The lowest BCUT2D eigenvalue weighted by molar-refractivity contribution is 0.242. The summed E-state index contributed by atoms with van der Waals surface area (Å²) in [6.45, 7) is 2.07. The first-order valence-electron chi connectivity index (χ1n) is 5.90. The summed E-state index contributed by atoms with van der Waals surface area (Å²) in [7, 11) is -3.55. The Balaban J connectivity index is 2.65. The average Bonchev–Trinajstić information content (AvgIpc) is 2.26. The van der Waals surface area contributed by atoms with Crippen LogP contribution in [0.25, 0.3) is 0 Å². The standard InChI is InChI=1S/C12H17BrFNO3S/c1-2-3-9(8-19(15,16)17)7-18-12-5-4-10(13)6-11(12)14/h4-6,9H,2-3,7-8H2,1H3,(H2,15,16,17). The summed E-state index contributed by atoms with van der Waals surface area (Å²) in [5, 5.41) is 5.02. The van der Waals surface area contributed by atoms with Gasteiger partial charge < -0.3 is 4.74 Å². The van der Waals surface area contributed by atoms with Crippen LogP contribution in [0.4, 0.5) is 4.39 Å². The fourth-order valence-corrected chi connectivity index (χ4v) is 3.00. The van der Waals surface area contributed by atoms with Crippen molar-refractivity contribution in [3.63, 3.8) is 0 Å². The van der Waals surface area contributed by atoms with E-state index in [0.29, 0.717) is 10.9 Å². The molecule has 0 saturated heterocycles. The van der Waals surface area contributed by atoms with Gasteiger partial charge in [0.05, 0.1) is 12.4 Å². The van der Waals surface area contributed by atoms with Gasteiger partial charge in [-0.2, -0.15) is 0 Å². The maximum Gasteiger partial charge on any atom is 0.209 e. The molecule has 0 spiro atoms. The van der Waals surface area contributed by atoms with E-state index in [1.807, 2.05) is 6.92 Å². The second kappa shape index (κ2) is 7.21. The normalized spacial score (nSPS) is 13.3. The third-order valence-corrected chi connectivity index (χ3v) is 3.96. The Labute approximate surface area is 121 Å². The first-order valence-corrected chi connectivity index (χ1v) is 8.41. The molecule has 0 saturated carbocycles. The van der Waals surface area contributed by atoms with Crippen LogP contribution in [0.15, 0.2) is 22.7 Å². The molecule has 1 atom stereocenters. The van der Waals surface area contributed by atoms with Crippen molar-refractivity contribution in [2.75, 3.05) is 12.4 Å². The Hall–Kier alpha value is -0.660. The van der Waals surface area contributed by atoms with Gasteiger partial charge in [0.1, 0.15) is 0 Å². The second-order valence-corrected chi connectivity index (χ2v) is 6.94. The zero-order chi connectivity index (χ0) is 14.5. The quantitative estimate of drug-likeness (QED) is 0.819. The Morgan fingerprint density at radius 2 is 2.16 bits per heavy atom. The van der Waals surface area contributed by atoms with Crippen molar-refractivity contribution in [1.29, 1.82) is 0 Å². The lowest BCUT2D eigenvalue weighted by Gasteiger charge is -2.16. The molecule has 0 aliphatic rings. The summed E-state index contributed by atoms with van der Waals surface area (Å²) in [5.74, 6) is -0.763. The zero-order valence-corrected chi connectivity index (χ0v) is 13.0. The molecular weight excluding hydrogens is 337 g/mol. The third-order valence-electron chi connectivity index (χ3n) is 2.53. The number of primary sulfonamides is 1. The van der Waals surface area contributed by atoms with Gasteiger partial charge in [0.25, 0.3) is 0 Å². The SMILES string of the molecule is CCCC(COc1ccc(Br)cc1F)CS(N)(=O)=O. The van der Waals surface area contributed by atoms with Crippen molar-refractivity contribution < 1.29 is 17.5 Å². The molecule has 4 nitrogen and oxygen atoms in total. The van der Waals surface area contributed by atoms with Gasteiger partial charge in [0.15, 0.2) is 11.6 Å². The molecule has 0 amide bonds. The summed E-state index contributed by atoms with van der Waals surface area (Å²) >= 11 is 3.15. The van der Waals surface area contributed by atoms with Crippen molar-refractivity contribution in [2.24, 2.45) is 11.1 Å². The van der Waals surface area contributed by atoms with Crippen molar-refractivity contribution in [3.05, 3.63) is 28.5 Å². The van der Waals surface area contributed by atoms with E-state index >= 15 is 0 Å². The molecule has 1 unspecified atom stereocenters. The van der Waals surface area contributed by atoms with Crippen LogP contribution in [0.2, 0.25) is 0 Å². The summed E-state index contributed by atoms with van der Waals surface area (Å²) < 4.78 is 41.6. The fourth-order valence-electron chi connectivity index (χ4n) is 1.75. The predicted octanol–water partition coefficient (Wildman–Crippen LogP) is 2.67. The second-order valence-electron chi connectivity index (χ2n) is 4.37. The molecule has 0 bridgehead atoms. The highest BCUT2D eigenvalue weighted by Gasteiger charge is 2.17. The lowest BCUT2D eigenvalue weighted by atomic mass is 10.1. The van der Waals surface area contributed by atoms with Crippen LogP contribution in [-0.2, 0) is 10.0 Å². The van der Waals surface area contributed by atoms with Crippen LogP contribution in [0.1, 0.15) is 19.8 Å². The maximum absolute atomic E-state index is 13.5. The van der Waals surface area contributed by atoms with Crippen molar-refractivity contribution >= 4 is 26.0 Å². The van der Waals surface area contributed by atoms with Crippen LogP contribution in [0, 0.1) is 11.7 Å². The number of hydrogen-bond acceptors (Lipinski definition) is 3. The van der Waals surface area contributed by atoms with Crippen molar-refractivity contribution in [2.45, 2.75) is 19.8 Å². The molecule has 7 heteroatoms. The topological polar surface area (TPSA) is 69.4 Å². The highest BCUT2D eigenvalue weighted by Crippen LogP contribution is 2.22. The minimum atomic E-state index is -3.55. The van der Waals surface area contributed by atoms with E-state index in [0.717, 1.165) is 6.42 Å². The number of ether oxygens (including phenoxy) is 1. The first-order chi connectivity index (χ1) is 8.81. The Kier molecular flexibility index (Phi) is 6.22. The van der Waals surface area contributed by atoms with E-state index in [4.69, 9.17) is 9.88 Å². The number of rotatable bonds is 7. The number of sulfonamides is 1. The van der Waals surface area contributed by atoms with Gasteiger partial charge in [-0.15, -0.1) is 0 Å². The van der Waals surface area contributed by atoms with Gasteiger partial charge in [0, 0.05) is 10.4 Å². The minimum absolute atomic E-state index is 0.110. The Bertz CT molecular complexity index is 522. The predicted molar refractivity (Wildman–Crippen MR) is 76.0 cm³/mol. The van der Waals surface area contributed by atoms with Crippen molar-refractivity contribution in [3.8, 4) is 5.75 Å². The Morgan fingerprint density at radius 1 is 1.47 bits per heavy atom. The van der Waals surface area contributed by atoms with Gasteiger partial charge in [-0.25, -0.2) is 17.9 Å². The third kappa shape index (κ3) is 6.35. The molecule has 0 aliphatic heterocycles. The van der Waals surface area contributed by atoms with Gasteiger partial charge in [-0.3, -0.25) is 0 Å². The minimum Gasteiger partial charge on any atom is -0.490 e. The molecule has 0 aromatic heterocycles. The largest absolute Gasteiger partial charge is 0.490 e. The van der Waals surface area contributed by atoms with Crippen molar-refractivity contribution in [1.82, 2.24) is 0 Å². The molecule has 1 aromatic carbocycles. The van der Waals surface area contributed by atoms with Crippen LogP contribution in [-0.4, -0.2) is 20.8 Å². The molecule has 19 heavy (non-hydrogen) atoms.